The summed E-state index contributed by atoms with van der Waals surface area (Å²) in [6.07, 6.45) is 2.68. The molecule has 2 N–H and O–H groups in total. The molecule has 0 bridgehead atoms. The van der Waals surface area contributed by atoms with Gasteiger partial charge in [-0.1, -0.05) is 74.9 Å². The molecule has 3 aromatic carbocycles. The average molecular weight is 711 g/mol. The van der Waals surface area contributed by atoms with Gasteiger partial charge in [-0.2, -0.15) is 0 Å². The lowest BCUT2D eigenvalue weighted by Crippen LogP contribution is -2.56. The van der Waals surface area contributed by atoms with Gasteiger partial charge in [-0.15, -0.1) is 6.58 Å². The molecule has 2 aliphatic rings. The number of likely N-dealkylation sites (tertiary alicyclic amines) is 1. The van der Waals surface area contributed by atoms with Crippen molar-refractivity contribution in [2.75, 3.05) is 13.7 Å². The highest BCUT2D eigenvalue weighted by atomic mass is 32.2. The SMILES string of the molecule is C=C[C@@H]1C[C@]1(NC(=O)[C@@H]1C[C@@H](Oc2cc(-c3ccccc3)nc3cc(OC)ccc23)CN1C(=O)[C@@H](C)CCC)C(=O)NS(=O)(=O)c1ccccc1. The fourth-order valence-electron chi connectivity index (χ4n) is 6.76. The van der Waals surface area contributed by atoms with Crippen molar-refractivity contribution in [3.63, 3.8) is 0 Å². The molecule has 1 saturated heterocycles. The first-order chi connectivity index (χ1) is 24.5. The third kappa shape index (κ3) is 7.32. The van der Waals surface area contributed by atoms with Gasteiger partial charge in [0.1, 0.15) is 29.2 Å². The Labute approximate surface area is 298 Å². The second-order valence-corrected chi connectivity index (χ2v) is 14.9. The monoisotopic (exact) mass is 710 g/mol. The minimum Gasteiger partial charge on any atom is -0.497 e. The summed E-state index contributed by atoms with van der Waals surface area (Å²) in [6, 6.07) is 23.6. The summed E-state index contributed by atoms with van der Waals surface area (Å²) in [4.78, 5) is 47.9. The van der Waals surface area contributed by atoms with E-state index in [0.29, 0.717) is 29.1 Å². The second-order valence-electron chi connectivity index (χ2n) is 13.2. The molecule has 5 atom stereocenters. The van der Waals surface area contributed by atoms with E-state index in [1.807, 2.05) is 68.4 Å². The Kier molecular flexibility index (Phi) is 10.2. The van der Waals surface area contributed by atoms with Gasteiger partial charge in [0.25, 0.3) is 15.9 Å². The molecule has 4 aromatic rings. The third-order valence-corrected chi connectivity index (χ3v) is 11.0. The number of ether oxygens (including phenoxy) is 2. The number of carbonyl (C=O) groups excluding carboxylic acids is 3. The third-order valence-electron chi connectivity index (χ3n) is 9.67. The Bertz CT molecular complexity index is 2060. The van der Waals surface area contributed by atoms with Crippen LogP contribution in [-0.2, 0) is 24.4 Å². The first-order valence-corrected chi connectivity index (χ1v) is 18.6. The fraction of sp³-hybridized carbons (Fsp3) is 0.333. The van der Waals surface area contributed by atoms with Crippen LogP contribution in [0.15, 0.2) is 102 Å². The largest absolute Gasteiger partial charge is 0.497 e. The van der Waals surface area contributed by atoms with Crippen molar-refractivity contribution < 1.29 is 32.3 Å². The van der Waals surface area contributed by atoms with Crippen molar-refractivity contribution in [3.8, 4) is 22.8 Å². The summed E-state index contributed by atoms with van der Waals surface area (Å²) >= 11 is 0. The summed E-state index contributed by atoms with van der Waals surface area (Å²) in [5, 5.41) is 3.58. The van der Waals surface area contributed by atoms with E-state index >= 15 is 0 Å². The quantitative estimate of drug-likeness (QED) is 0.179. The standard InChI is InChI=1S/C39H42N4O7S/c1-5-13-25(3)37(45)43-24-29(50-35-22-32(26-14-9-7-10-15-26)40-33-20-28(49-4)18-19-31(33)35)21-34(43)36(44)41-39(23-27(39)6-2)38(46)42-51(47,48)30-16-11-8-12-17-30/h6-12,14-20,22,25,27,29,34H,2,5,13,21,23-24H2,1,3-4H3,(H,41,44)(H,42,46)/t25-,27+,29+,34-,39+/m0/s1. The van der Waals surface area contributed by atoms with Gasteiger partial charge in [-0.05, 0) is 37.1 Å². The van der Waals surface area contributed by atoms with Crippen molar-refractivity contribution in [1.29, 1.82) is 0 Å². The molecular weight excluding hydrogens is 669 g/mol. The molecular formula is C39H42N4O7S. The minimum atomic E-state index is -4.20. The van der Waals surface area contributed by atoms with Gasteiger partial charge in [0.05, 0.1) is 29.8 Å². The molecule has 6 rings (SSSR count). The summed E-state index contributed by atoms with van der Waals surface area (Å²) in [6.45, 7) is 7.76. The Hall–Kier alpha value is -5.23. The maximum Gasteiger partial charge on any atom is 0.264 e. The number of pyridine rings is 1. The lowest BCUT2D eigenvalue weighted by Gasteiger charge is -2.28. The van der Waals surface area contributed by atoms with Crippen LogP contribution in [0.3, 0.4) is 0 Å². The Morgan fingerprint density at radius 2 is 1.76 bits per heavy atom. The van der Waals surface area contributed by atoms with Crippen LogP contribution in [0.2, 0.25) is 0 Å². The highest BCUT2D eigenvalue weighted by Crippen LogP contribution is 2.45. The van der Waals surface area contributed by atoms with Gasteiger partial charge in [0.2, 0.25) is 11.8 Å². The fourth-order valence-corrected chi connectivity index (χ4v) is 7.82. The minimum absolute atomic E-state index is 0.0781. The molecule has 12 heteroatoms. The van der Waals surface area contributed by atoms with Crippen LogP contribution in [0.25, 0.3) is 22.2 Å². The number of nitrogens with zero attached hydrogens (tertiary/aromatic N) is 2. The molecule has 1 saturated carbocycles. The molecule has 1 aromatic heterocycles. The summed E-state index contributed by atoms with van der Waals surface area (Å²) < 4.78 is 40.3. The molecule has 1 aliphatic carbocycles. The zero-order chi connectivity index (χ0) is 36.3. The maximum atomic E-state index is 14.2. The Morgan fingerprint density at radius 3 is 2.41 bits per heavy atom. The number of benzene rings is 3. The van der Waals surface area contributed by atoms with E-state index in [0.717, 1.165) is 17.4 Å². The Morgan fingerprint density at radius 1 is 1.06 bits per heavy atom. The number of fused-ring (bicyclic) bond motifs is 1. The molecule has 11 nitrogen and oxygen atoms in total. The van der Waals surface area contributed by atoms with E-state index in [1.165, 1.54) is 23.1 Å². The molecule has 266 valence electrons. The molecule has 0 unspecified atom stereocenters. The molecule has 1 aliphatic heterocycles. The number of hydrogen-bond donors (Lipinski definition) is 2. The van der Waals surface area contributed by atoms with Crippen molar-refractivity contribution in [3.05, 3.63) is 97.6 Å². The summed E-state index contributed by atoms with van der Waals surface area (Å²) in [7, 11) is -2.62. The maximum absolute atomic E-state index is 14.2. The first-order valence-electron chi connectivity index (χ1n) is 17.1. The lowest BCUT2D eigenvalue weighted by molar-refractivity contribution is -0.142. The number of rotatable bonds is 13. The number of methoxy groups -OCH3 is 1. The van der Waals surface area contributed by atoms with Gasteiger partial charge in [-0.3, -0.25) is 14.4 Å². The molecule has 2 fully saturated rings. The Balaban J connectivity index is 1.29. The van der Waals surface area contributed by atoms with Crippen LogP contribution in [0.4, 0.5) is 0 Å². The highest BCUT2D eigenvalue weighted by Gasteiger charge is 2.61. The zero-order valence-electron chi connectivity index (χ0n) is 28.9. The average Bonchev–Trinajstić information content (AvgIpc) is 3.70. The van der Waals surface area contributed by atoms with Crippen molar-refractivity contribution in [1.82, 2.24) is 19.9 Å². The number of hydrogen-bond acceptors (Lipinski definition) is 8. The topological polar surface area (TPSA) is 144 Å². The van der Waals surface area contributed by atoms with Crippen molar-refractivity contribution in [2.24, 2.45) is 11.8 Å². The van der Waals surface area contributed by atoms with Crippen molar-refractivity contribution >= 4 is 38.6 Å². The van der Waals surface area contributed by atoms with E-state index in [9.17, 15) is 22.8 Å². The van der Waals surface area contributed by atoms with Crippen LogP contribution >= 0.6 is 0 Å². The lowest BCUT2D eigenvalue weighted by atomic mass is 10.0. The van der Waals surface area contributed by atoms with Crippen LogP contribution in [0, 0.1) is 11.8 Å². The highest BCUT2D eigenvalue weighted by molar-refractivity contribution is 7.90. The van der Waals surface area contributed by atoms with Gasteiger partial charge in [0, 0.05) is 41.3 Å². The number of nitrogens with one attached hydrogen (secondary N) is 2. The number of sulfonamides is 1. The first kappa shape index (κ1) is 35.6. The predicted molar refractivity (Wildman–Crippen MR) is 193 cm³/mol. The number of amides is 3. The van der Waals surface area contributed by atoms with Crippen LogP contribution in [0.5, 0.6) is 11.5 Å². The molecule has 0 spiro atoms. The molecule has 3 amide bonds. The van der Waals surface area contributed by atoms with Gasteiger partial charge >= 0.3 is 0 Å². The van der Waals surface area contributed by atoms with Crippen LogP contribution < -0.4 is 19.5 Å². The number of carbonyl (C=O) groups is 3. The van der Waals surface area contributed by atoms with Gasteiger partial charge in [0.15, 0.2) is 0 Å². The van der Waals surface area contributed by atoms with E-state index in [-0.39, 0.29) is 36.1 Å². The van der Waals surface area contributed by atoms with E-state index in [4.69, 9.17) is 14.5 Å². The molecule has 2 heterocycles. The smallest absolute Gasteiger partial charge is 0.264 e. The molecule has 0 radical (unpaired) electrons. The van der Waals surface area contributed by atoms with Crippen molar-refractivity contribution in [2.45, 2.75) is 62.1 Å². The van der Waals surface area contributed by atoms with E-state index < -0.39 is 45.4 Å². The summed E-state index contributed by atoms with van der Waals surface area (Å²) in [5.41, 5.74) is 0.699. The summed E-state index contributed by atoms with van der Waals surface area (Å²) in [5.74, 6) is -1.29. The number of aromatic nitrogens is 1. The van der Waals surface area contributed by atoms with E-state index in [2.05, 4.69) is 16.6 Å². The normalized spacial score (nSPS) is 21.8. The predicted octanol–water partition coefficient (Wildman–Crippen LogP) is 5.26. The van der Waals surface area contributed by atoms with E-state index in [1.54, 1.807) is 25.3 Å². The van der Waals surface area contributed by atoms with Crippen LogP contribution in [-0.4, -0.2) is 67.4 Å². The zero-order valence-corrected chi connectivity index (χ0v) is 29.7. The van der Waals surface area contributed by atoms with Crippen LogP contribution in [0.1, 0.15) is 39.5 Å². The van der Waals surface area contributed by atoms with Gasteiger partial charge < -0.3 is 19.7 Å². The molecule has 51 heavy (non-hydrogen) atoms. The van der Waals surface area contributed by atoms with Gasteiger partial charge in [-0.25, -0.2) is 18.1 Å². The second kappa shape index (κ2) is 14.6.